The first-order chi connectivity index (χ1) is 10.4. The molecular weight excluding hydrogens is 280 g/mol. The largest absolute Gasteiger partial charge is 0.462 e. The first-order valence-corrected chi connectivity index (χ1v) is 7.76. The van der Waals surface area contributed by atoms with Crippen LogP contribution in [0.25, 0.3) is 0 Å². The third-order valence-corrected chi connectivity index (χ3v) is 3.15. The third kappa shape index (κ3) is 8.45. The smallest absolute Gasteiger partial charge is 0.338 e. The standard InChI is InChI=1S/C18H26O4/c1-18(2,3)12-8-7-11-16(19)21-13-14-22-17(20)15-9-5-4-6-10-15/h4-6,9-10H,7-8,11-14H2,1-3H3. The van der Waals surface area contributed by atoms with Gasteiger partial charge in [0, 0.05) is 6.42 Å². The van der Waals surface area contributed by atoms with Gasteiger partial charge in [-0.2, -0.15) is 0 Å². The van der Waals surface area contributed by atoms with E-state index in [-0.39, 0.29) is 19.2 Å². The number of carbonyl (C=O) groups is 2. The van der Waals surface area contributed by atoms with Crippen LogP contribution in [0.1, 0.15) is 56.8 Å². The second kappa shape index (κ2) is 9.23. The summed E-state index contributed by atoms with van der Waals surface area (Å²) in [4.78, 5) is 23.2. The first-order valence-electron chi connectivity index (χ1n) is 7.76. The molecule has 4 heteroatoms. The zero-order valence-corrected chi connectivity index (χ0v) is 13.8. The van der Waals surface area contributed by atoms with Crippen molar-refractivity contribution in [1.29, 1.82) is 0 Å². The molecule has 0 unspecified atom stereocenters. The Morgan fingerprint density at radius 2 is 1.59 bits per heavy atom. The summed E-state index contributed by atoms with van der Waals surface area (Å²) in [6, 6.07) is 8.74. The van der Waals surface area contributed by atoms with E-state index in [0.717, 1.165) is 19.3 Å². The van der Waals surface area contributed by atoms with E-state index in [9.17, 15) is 9.59 Å². The number of ether oxygens (including phenoxy) is 2. The van der Waals surface area contributed by atoms with E-state index in [4.69, 9.17) is 9.47 Å². The van der Waals surface area contributed by atoms with Gasteiger partial charge in [0.05, 0.1) is 5.56 Å². The second-order valence-corrected chi connectivity index (χ2v) is 6.49. The zero-order chi connectivity index (χ0) is 16.4. The van der Waals surface area contributed by atoms with Crippen LogP contribution in [0.4, 0.5) is 0 Å². The van der Waals surface area contributed by atoms with Gasteiger partial charge in [0.2, 0.25) is 0 Å². The molecule has 0 aliphatic heterocycles. The molecule has 0 saturated carbocycles. The van der Waals surface area contributed by atoms with Crippen LogP contribution < -0.4 is 0 Å². The van der Waals surface area contributed by atoms with Gasteiger partial charge in [0.15, 0.2) is 0 Å². The molecule has 0 atom stereocenters. The Balaban J connectivity index is 2.07. The van der Waals surface area contributed by atoms with E-state index >= 15 is 0 Å². The highest BCUT2D eigenvalue weighted by molar-refractivity contribution is 5.89. The molecule has 1 aromatic carbocycles. The van der Waals surface area contributed by atoms with Crippen molar-refractivity contribution in [2.45, 2.75) is 46.5 Å². The fraction of sp³-hybridized carbons (Fsp3) is 0.556. The molecule has 0 aromatic heterocycles. The average Bonchev–Trinajstić information content (AvgIpc) is 2.48. The van der Waals surface area contributed by atoms with Gasteiger partial charge in [0.25, 0.3) is 0 Å². The molecule has 0 spiro atoms. The Labute approximate surface area is 132 Å². The van der Waals surface area contributed by atoms with E-state index in [2.05, 4.69) is 20.8 Å². The van der Waals surface area contributed by atoms with Crippen LogP contribution >= 0.6 is 0 Å². The maximum atomic E-state index is 11.6. The number of unbranched alkanes of at least 4 members (excludes halogenated alkanes) is 1. The zero-order valence-electron chi connectivity index (χ0n) is 13.8. The number of hydrogen-bond donors (Lipinski definition) is 0. The van der Waals surface area contributed by atoms with Gasteiger partial charge in [-0.1, -0.05) is 45.4 Å². The predicted octanol–water partition coefficient (Wildman–Crippen LogP) is 3.99. The summed E-state index contributed by atoms with van der Waals surface area (Å²) in [5, 5.41) is 0. The Bertz CT molecular complexity index is 460. The molecule has 22 heavy (non-hydrogen) atoms. The molecule has 0 N–H and O–H groups in total. The Morgan fingerprint density at radius 3 is 2.23 bits per heavy atom. The third-order valence-electron chi connectivity index (χ3n) is 3.15. The molecule has 0 bridgehead atoms. The molecule has 0 aliphatic carbocycles. The molecule has 4 nitrogen and oxygen atoms in total. The van der Waals surface area contributed by atoms with Crippen molar-refractivity contribution < 1.29 is 19.1 Å². The normalized spacial score (nSPS) is 11.0. The molecule has 0 radical (unpaired) electrons. The van der Waals surface area contributed by atoms with Gasteiger partial charge in [0.1, 0.15) is 13.2 Å². The molecule has 1 rings (SSSR count). The SMILES string of the molecule is CC(C)(C)CCCCC(=O)OCCOC(=O)c1ccccc1. The molecule has 0 heterocycles. The summed E-state index contributed by atoms with van der Waals surface area (Å²) in [6.45, 7) is 6.75. The van der Waals surface area contributed by atoms with Crippen LogP contribution in [-0.2, 0) is 14.3 Å². The Hall–Kier alpha value is -1.84. The van der Waals surface area contributed by atoms with Crippen molar-refractivity contribution in [2.24, 2.45) is 5.41 Å². The lowest BCUT2D eigenvalue weighted by Crippen LogP contribution is -2.14. The van der Waals surface area contributed by atoms with Gasteiger partial charge >= 0.3 is 11.9 Å². The van der Waals surface area contributed by atoms with Crippen LogP contribution in [0.3, 0.4) is 0 Å². The lowest BCUT2D eigenvalue weighted by atomic mass is 9.89. The predicted molar refractivity (Wildman–Crippen MR) is 85.6 cm³/mol. The van der Waals surface area contributed by atoms with Crippen molar-refractivity contribution in [1.82, 2.24) is 0 Å². The van der Waals surface area contributed by atoms with E-state index in [0.29, 0.717) is 17.4 Å². The van der Waals surface area contributed by atoms with Gasteiger partial charge in [-0.15, -0.1) is 0 Å². The number of hydrogen-bond acceptors (Lipinski definition) is 4. The molecule has 0 saturated heterocycles. The van der Waals surface area contributed by atoms with E-state index in [1.807, 2.05) is 6.07 Å². The van der Waals surface area contributed by atoms with Crippen molar-refractivity contribution in [3.63, 3.8) is 0 Å². The highest BCUT2D eigenvalue weighted by Gasteiger charge is 2.11. The summed E-state index contributed by atoms with van der Waals surface area (Å²) in [7, 11) is 0. The van der Waals surface area contributed by atoms with Crippen LogP contribution in [0.15, 0.2) is 30.3 Å². The summed E-state index contributed by atoms with van der Waals surface area (Å²) < 4.78 is 10.1. The summed E-state index contributed by atoms with van der Waals surface area (Å²) in [5.74, 6) is -0.633. The summed E-state index contributed by atoms with van der Waals surface area (Å²) >= 11 is 0. The average molecular weight is 306 g/mol. The highest BCUT2D eigenvalue weighted by Crippen LogP contribution is 2.21. The van der Waals surface area contributed by atoms with Crippen molar-refractivity contribution in [2.75, 3.05) is 13.2 Å². The van der Waals surface area contributed by atoms with Gasteiger partial charge in [-0.05, 0) is 30.4 Å². The minimum Gasteiger partial charge on any atom is -0.462 e. The monoisotopic (exact) mass is 306 g/mol. The lowest BCUT2D eigenvalue weighted by molar-refractivity contribution is -0.144. The molecule has 1 aromatic rings. The number of benzene rings is 1. The number of rotatable bonds is 8. The molecule has 0 amide bonds. The topological polar surface area (TPSA) is 52.6 Å². The van der Waals surface area contributed by atoms with Gasteiger partial charge < -0.3 is 9.47 Å². The fourth-order valence-electron chi connectivity index (χ4n) is 1.94. The lowest BCUT2D eigenvalue weighted by Gasteiger charge is -2.17. The number of carbonyl (C=O) groups excluding carboxylic acids is 2. The quantitative estimate of drug-likeness (QED) is 0.538. The maximum absolute atomic E-state index is 11.6. The fourth-order valence-corrected chi connectivity index (χ4v) is 1.94. The molecule has 0 aliphatic rings. The van der Waals surface area contributed by atoms with Crippen molar-refractivity contribution in [3.05, 3.63) is 35.9 Å². The van der Waals surface area contributed by atoms with Crippen LogP contribution in [0, 0.1) is 5.41 Å². The molecular formula is C18H26O4. The summed E-state index contributed by atoms with van der Waals surface area (Å²) in [5.41, 5.74) is 0.797. The second-order valence-electron chi connectivity index (χ2n) is 6.49. The maximum Gasteiger partial charge on any atom is 0.338 e. The van der Waals surface area contributed by atoms with Gasteiger partial charge in [-0.25, -0.2) is 4.79 Å². The minimum absolute atomic E-state index is 0.0848. The number of esters is 2. The van der Waals surface area contributed by atoms with E-state index in [1.165, 1.54) is 0 Å². The van der Waals surface area contributed by atoms with Crippen LogP contribution in [0.5, 0.6) is 0 Å². The summed E-state index contributed by atoms with van der Waals surface area (Å²) in [6.07, 6.45) is 3.36. The Morgan fingerprint density at radius 1 is 0.955 bits per heavy atom. The highest BCUT2D eigenvalue weighted by atomic mass is 16.6. The van der Waals surface area contributed by atoms with E-state index in [1.54, 1.807) is 24.3 Å². The first kappa shape index (κ1) is 18.2. The van der Waals surface area contributed by atoms with Gasteiger partial charge in [-0.3, -0.25) is 4.79 Å². The Kier molecular flexibility index (Phi) is 7.64. The minimum atomic E-state index is -0.401. The molecule has 122 valence electrons. The van der Waals surface area contributed by atoms with Crippen LogP contribution in [-0.4, -0.2) is 25.2 Å². The van der Waals surface area contributed by atoms with Crippen LogP contribution in [0.2, 0.25) is 0 Å². The van der Waals surface area contributed by atoms with Crippen molar-refractivity contribution in [3.8, 4) is 0 Å². The van der Waals surface area contributed by atoms with E-state index < -0.39 is 5.97 Å². The molecule has 0 fully saturated rings. The van der Waals surface area contributed by atoms with Crippen molar-refractivity contribution >= 4 is 11.9 Å².